The number of ether oxygens (including phenoxy) is 1. The number of allylic oxidation sites excluding steroid dienone is 2. The van der Waals surface area contributed by atoms with E-state index in [0.717, 1.165) is 26.2 Å². The SMILES string of the molecule is CCN(CC)CC[NH2+]/C=C\C=C(/C)C(=O)OC. The second-order valence-electron chi connectivity index (χ2n) is 3.78. The summed E-state index contributed by atoms with van der Waals surface area (Å²) in [6.07, 6.45) is 5.60. The average molecular weight is 241 g/mol. The van der Waals surface area contributed by atoms with Crippen molar-refractivity contribution in [2.45, 2.75) is 20.8 Å². The summed E-state index contributed by atoms with van der Waals surface area (Å²) in [5.41, 5.74) is 0.612. The zero-order valence-corrected chi connectivity index (χ0v) is 11.4. The Bertz CT molecular complexity index is 269. The molecule has 0 aliphatic heterocycles. The first kappa shape index (κ1) is 15.9. The van der Waals surface area contributed by atoms with Gasteiger partial charge in [0.15, 0.2) is 0 Å². The van der Waals surface area contributed by atoms with E-state index in [1.54, 1.807) is 13.0 Å². The van der Waals surface area contributed by atoms with Crippen LogP contribution in [0.5, 0.6) is 0 Å². The van der Waals surface area contributed by atoms with Crippen molar-refractivity contribution >= 4 is 5.97 Å². The molecule has 0 aromatic carbocycles. The van der Waals surface area contributed by atoms with E-state index >= 15 is 0 Å². The van der Waals surface area contributed by atoms with Crippen LogP contribution in [0.1, 0.15) is 20.8 Å². The van der Waals surface area contributed by atoms with Crippen LogP contribution < -0.4 is 5.32 Å². The molecule has 0 bridgehead atoms. The summed E-state index contributed by atoms with van der Waals surface area (Å²) in [6, 6.07) is 0. The Morgan fingerprint density at radius 3 is 2.53 bits per heavy atom. The van der Waals surface area contributed by atoms with Crippen LogP contribution in [-0.4, -0.2) is 44.2 Å². The molecule has 0 saturated carbocycles. The lowest BCUT2D eigenvalue weighted by Gasteiger charge is -2.15. The molecule has 0 saturated heterocycles. The van der Waals surface area contributed by atoms with Gasteiger partial charge < -0.3 is 10.1 Å². The van der Waals surface area contributed by atoms with Crippen molar-refractivity contribution in [2.24, 2.45) is 0 Å². The van der Waals surface area contributed by atoms with Gasteiger partial charge in [0.25, 0.3) is 0 Å². The van der Waals surface area contributed by atoms with Gasteiger partial charge in [0, 0.05) is 12.1 Å². The summed E-state index contributed by atoms with van der Waals surface area (Å²) in [6.45, 7) is 10.4. The second kappa shape index (κ2) is 10.1. The van der Waals surface area contributed by atoms with Crippen molar-refractivity contribution in [3.63, 3.8) is 0 Å². The van der Waals surface area contributed by atoms with E-state index in [4.69, 9.17) is 0 Å². The molecule has 4 nitrogen and oxygen atoms in total. The minimum absolute atomic E-state index is 0.280. The van der Waals surface area contributed by atoms with Gasteiger partial charge in [-0.05, 0) is 32.2 Å². The number of nitrogens with two attached hydrogens (primary N) is 1. The van der Waals surface area contributed by atoms with Gasteiger partial charge in [-0.15, -0.1) is 0 Å². The highest BCUT2D eigenvalue weighted by Gasteiger charge is 2.00. The molecule has 0 radical (unpaired) electrons. The zero-order chi connectivity index (χ0) is 13.1. The van der Waals surface area contributed by atoms with Crippen LogP contribution in [0.4, 0.5) is 0 Å². The Balaban J connectivity index is 3.78. The van der Waals surface area contributed by atoms with E-state index in [2.05, 4.69) is 28.8 Å². The third-order valence-corrected chi connectivity index (χ3v) is 2.61. The lowest BCUT2D eigenvalue weighted by molar-refractivity contribution is -0.587. The number of hydrogen-bond acceptors (Lipinski definition) is 3. The normalized spacial score (nSPS) is 12.4. The highest BCUT2D eigenvalue weighted by molar-refractivity contribution is 5.87. The number of quaternary nitrogens is 1. The van der Waals surface area contributed by atoms with Gasteiger partial charge in [-0.25, -0.2) is 4.79 Å². The molecule has 0 aliphatic carbocycles. The number of carbonyl (C=O) groups excluding carboxylic acids is 1. The molecule has 0 atom stereocenters. The van der Waals surface area contributed by atoms with Gasteiger partial charge >= 0.3 is 5.97 Å². The summed E-state index contributed by atoms with van der Waals surface area (Å²) in [5.74, 6) is -0.280. The fourth-order valence-corrected chi connectivity index (χ4v) is 1.40. The summed E-state index contributed by atoms with van der Waals surface area (Å²) in [4.78, 5) is 13.4. The minimum Gasteiger partial charge on any atom is -0.466 e. The molecule has 98 valence electrons. The highest BCUT2D eigenvalue weighted by Crippen LogP contribution is 1.94. The number of carbonyl (C=O) groups is 1. The van der Waals surface area contributed by atoms with E-state index in [1.165, 1.54) is 7.11 Å². The first-order chi connectivity index (χ1) is 8.15. The molecule has 0 amide bonds. The molecule has 4 heteroatoms. The standard InChI is InChI=1S/C13H24N2O2/c1-5-15(6-2)11-10-14-9-7-8-12(3)13(16)17-4/h7-9,14H,5-6,10-11H2,1-4H3/p+1/b9-7-,12-8+. The predicted molar refractivity (Wildman–Crippen MR) is 69.5 cm³/mol. The van der Waals surface area contributed by atoms with Crippen LogP contribution in [0.2, 0.25) is 0 Å². The first-order valence-electron chi connectivity index (χ1n) is 6.13. The highest BCUT2D eigenvalue weighted by atomic mass is 16.5. The molecule has 0 spiro atoms. The van der Waals surface area contributed by atoms with Crippen LogP contribution in [0.15, 0.2) is 23.9 Å². The van der Waals surface area contributed by atoms with Crippen LogP contribution in [-0.2, 0) is 9.53 Å². The van der Waals surface area contributed by atoms with Gasteiger partial charge in [-0.3, -0.25) is 4.90 Å². The molecule has 0 unspecified atom stereocenters. The van der Waals surface area contributed by atoms with Crippen molar-refractivity contribution in [3.05, 3.63) is 23.9 Å². The van der Waals surface area contributed by atoms with E-state index in [-0.39, 0.29) is 5.97 Å². The Morgan fingerprint density at radius 1 is 1.35 bits per heavy atom. The molecule has 0 heterocycles. The van der Waals surface area contributed by atoms with Crippen LogP contribution in [0, 0.1) is 0 Å². The predicted octanol–water partition coefficient (Wildman–Crippen LogP) is 0.525. The van der Waals surface area contributed by atoms with Crippen molar-refractivity contribution in [2.75, 3.05) is 33.3 Å². The molecular weight excluding hydrogens is 216 g/mol. The van der Waals surface area contributed by atoms with Crippen molar-refractivity contribution < 1.29 is 14.8 Å². The maximum absolute atomic E-state index is 11.1. The monoisotopic (exact) mass is 241 g/mol. The minimum atomic E-state index is -0.280. The quantitative estimate of drug-likeness (QED) is 0.292. The zero-order valence-electron chi connectivity index (χ0n) is 11.4. The molecule has 2 N–H and O–H groups in total. The molecule has 0 aromatic heterocycles. The van der Waals surface area contributed by atoms with Crippen LogP contribution >= 0.6 is 0 Å². The molecular formula is C13H25N2O2+. The Labute approximate surface area is 104 Å². The fraction of sp³-hybridized carbons (Fsp3) is 0.615. The third-order valence-electron chi connectivity index (χ3n) is 2.61. The lowest BCUT2D eigenvalue weighted by Crippen LogP contribution is -2.79. The maximum atomic E-state index is 11.1. The van der Waals surface area contributed by atoms with Gasteiger partial charge in [0.05, 0.1) is 19.9 Å². The van der Waals surface area contributed by atoms with Gasteiger partial charge in [-0.2, -0.15) is 0 Å². The smallest absolute Gasteiger partial charge is 0.333 e. The van der Waals surface area contributed by atoms with Crippen LogP contribution in [0.3, 0.4) is 0 Å². The molecule has 0 aromatic rings. The molecule has 0 aliphatic rings. The number of nitrogens with zero attached hydrogens (tertiary/aromatic N) is 1. The largest absolute Gasteiger partial charge is 0.466 e. The van der Waals surface area contributed by atoms with E-state index < -0.39 is 0 Å². The van der Waals surface area contributed by atoms with E-state index in [1.807, 2.05) is 12.3 Å². The Morgan fingerprint density at radius 2 is 2.00 bits per heavy atom. The first-order valence-corrected chi connectivity index (χ1v) is 6.13. The Hall–Kier alpha value is -1.13. The number of likely N-dealkylation sites (N-methyl/N-ethyl adjacent to an activating group) is 1. The van der Waals surface area contributed by atoms with Crippen molar-refractivity contribution in [1.82, 2.24) is 4.90 Å². The summed E-state index contributed by atoms with van der Waals surface area (Å²) >= 11 is 0. The topological polar surface area (TPSA) is 46.2 Å². The number of esters is 1. The van der Waals surface area contributed by atoms with Gasteiger partial charge in [0.1, 0.15) is 0 Å². The van der Waals surface area contributed by atoms with Gasteiger partial charge in [0.2, 0.25) is 0 Å². The summed E-state index contributed by atoms with van der Waals surface area (Å²) < 4.78 is 4.59. The molecule has 0 fully saturated rings. The van der Waals surface area contributed by atoms with Crippen LogP contribution in [0.25, 0.3) is 0 Å². The number of rotatable bonds is 8. The lowest BCUT2D eigenvalue weighted by atomic mass is 10.3. The van der Waals surface area contributed by atoms with Crippen molar-refractivity contribution in [3.8, 4) is 0 Å². The van der Waals surface area contributed by atoms with Gasteiger partial charge in [-0.1, -0.05) is 13.8 Å². The Kier molecular flexibility index (Phi) is 9.38. The number of hydrogen-bond donors (Lipinski definition) is 1. The molecule has 17 heavy (non-hydrogen) atoms. The van der Waals surface area contributed by atoms with E-state index in [9.17, 15) is 4.79 Å². The van der Waals surface area contributed by atoms with Crippen molar-refractivity contribution in [1.29, 1.82) is 0 Å². The van der Waals surface area contributed by atoms with E-state index in [0.29, 0.717) is 5.57 Å². The number of methoxy groups -OCH3 is 1. The summed E-state index contributed by atoms with van der Waals surface area (Å²) in [5, 5.41) is 2.11. The molecule has 0 rings (SSSR count). The third kappa shape index (κ3) is 7.71. The maximum Gasteiger partial charge on any atom is 0.333 e. The second-order valence-corrected chi connectivity index (χ2v) is 3.78. The summed E-state index contributed by atoms with van der Waals surface area (Å²) in [7, 11) is 1.39. The fourth-order valence-electron chi connectivity index (χ4n) is 1.40. The average Bonchev–Trinajstić information content (AvgIpc) is 2.36.